The molecule has 80 valence electrons. The van der Waals surface area contributed by atoms with Crippen LogP contribution in [0.1, 0.15) is 19.8 Å². The average molecular weight is 200 g/mol. The van der Waals surface area contributed by atoms with Crippen LogP contribution in [0.5, 0.6) is 0 Å². The monoisotopic (exact) mass is 200 g/mol. The van der Waals surface area contributed by atoms with E-state index in [0.717, 1.165) is 6.54 Å². The number of carbonyl (C=O) groups excluding carboxylic acids is 1. The zero-order valence-corrected chi connectivity index (χ0v) is 8.32. The van der Waals surface area contributed by atoms with Gasteiger partial charge in [0.25, 0.3) is 0 Å². The third kappa shape index (κ3) is 2.99. The molecule has 0 spiro atoms. The summed E-state index contributed by atoms with van der Waals surface area (Å²) in [5.74, 6) is -0.814. The molecule has 1 rings (SSSR count). The van der Waals surface area contributed by atoms with Crippen molar-refractivity contribution in [1.29, 1.82) is 0 Å². The van der Waals surface area contributed by atoms with Crippen molar-refractivity contribution in [3.8, 4) is 0 Å². The van der Waals surface area contributed by atoms with Gasteiger partial charge in [0.15, 0.2) is 0 Å². The van der Waals surface area contributed by atoms with Crippen molar-refractivity contribution in [3.05, 3.63) is 0 Å². The summed E-state index contributed by atoms with van der Waals surface area (Å²) in [6.07, 6.45) is 0.482. The standard InChI is InChI=1S/C9H16N2O3/c1-7(6-9(13)14)11-5-4-10-3-2-8(11)12/h7,10H,2-6H2,1H3,(H,13,14). The summed E-state index contributed by atoms with van der Waals surface area (Å²) in [6.45, 7) is 3.81. The van der Waals surface area contributed by atoms with Crippen LogP contribution in [0.4, 0.5) is 0 Å². The van der Waals surface area contributed by atoms with Crippen molar-refractivity contribution in [1.82, 2.24) is 10.2 Å². The first-order valence-electron chi connectivity index (χ1n) is 4.83. The second-order valence-electron chi connectivity index (χ2n) is 3.53. The minimum absolute atomic E-state index is 0.0196. The predicted molar refractivity (Wildman–Crippen MR) is 50.9 cm³/mol. The number of aliphatic carboxylic acids is 1. The molecule has 0 radical (unpaired) electrons. The Hall–Kier alpha value is -1.10. The fraction of sp³-hybridized carbons (Fsp3) is 0.778. The lowest BCUT2D eigenvalue weighted by atomic mass is 10.2. The lowest BCUT2D eigenvalue weighted by Crippen LogP contribution is -2.40. The number of carboxylic acids is 1. The topological polar surface area (TPSA) is 69.6 Å². The number of nitrogens with one attached hydrogen (secondary N) is 1. The minimum atomic E-state index is -0.859. The Balaban J connectivity index is 2.54. The van der Waals surface area contributed by atoms with E-state index in [1.54, 1.807) is 11.8 Å². The molecule has 1 saturated heterocycles. The summed E-state index contributed by atoms with van der Waals surface area (Å²) >= 11 is 0. The molecule has 1 aliphatic heterocycles. The molecule has 0 saturated carbocycles. The molecule has 1 aliphatic rings. The first-order chi connectivity index (χ1) is 6.61. The summed E-state index contributed by atoms with van der Waals surface area (Å²) in [5, 5.41) is 11.7. The van der Waals surface area contributed by atoms with Crippen molar-refractivity contribution >= 4 is 11.9 Å². The van der Waals surface area contributed by atoms with Crippen LogP contribution >= 0.6 is 0 Å². The van der Waals surface area contributed by atoms with E-state index in [1.807, 2.05) is 0 Å². The fourth-order valence-electron chi connectivity index (χ4n) is 1.62. The Bertz CT molecular complexity index is 230. The molecule has 1 atom stereocenters. The number of rotatable bonds is 3. The molecule has 2 N–H and O–H groups in total. The molecule has 5 heteroatoms. The Kier molecular flexibility index (Phi) is 3.88. The third-order valence-electron chi connectivity index (χ3n) is 2.37. The number of carbonyl (C=O) groups is 2. The highest BCUT2D eigenvalue weighted by atomic mass is 16.4. The van der Waals surface area contributed by atoms with E-state index in [2.05, 4.69) is 5.32 Å². The largest absolute Gasteiger partial charge is 0.481 e. The zero-order valence-electron chi connectivity index (χ0n) is 8.32. The van der Waals surface area contributed by atoms with E-state index in [0.29, 0.717) is 19.5 Å². The molecule has 0 aliphatic carbocycles. The van der Waals surface area contributed by atoms with Gasteiger partial charge in [0.1, 0.15) is 0 Å². The summed E-state index contributed by atoms with van der Waals surface area (Å²) in [6, 6.07) is -0.208. The maximum absolute atomic E-state index is 11.5. The van der Waals surface area contributed by atoms with Crippen molar-refractivity contribution in [2.45, 2.75) is 25.8 Å². The molecule has 5 nitrogen and oxygen atoms in total. The number of hydrogen-bond donors (Lipinski definition) is 2. The van der Waals surface area contributed by atoms with Crippen LogP contribution in [0.3, 0.4) is 0 Å². The van der Waals surface area contributed by atoms with Crippen LogP contribution in [0.15, 0.2) is 0 Å². The SMILES string of the molecule is CC(CC(=O)O)N1CCNCCC1=O. The molecule has 0 bridgehead atoms. The van der Waals surface area contributed by atoms with Gasteiger partial charge >= 0.3 is 5.97 Å². The van der Waals surface area contributed by atoms with E-state index in [-0.39, 0.29) is 18.4 Å². The van der Waals surface area contributed by atoms with Crippen LogP contribution in [0.2, 0.25) is 0 Å². The Morgan fingerprint density at radius 3 is 3.00 bits per heavy atom. The summed E-state index contributed by atoms with van der Waals surface area (Å²) in [4.78, 5) is 23.7. The van der Waals surface area contributed by atoms with Crippen molar-refractivity contribution in [2.24, 2.45) is 0 Å². The predicted octanol–water partition coefficient (Wildman–Crippen LogP) is -0.328. The lowest BCUT2D eigenvalue weighted by molar-refractivity contribution is -0.140. The fourth-order valence-corrected chi connectivity index (χ4v) is 1.62. The Morgan fingerprint density at radius 1 is 1.64 bits per heavy atom. The molecular weight excluding hydrogens is 184 g/mol. The molecule has 1 fully saturated rings. The van der Waals surface area contributed by atoms with Gasteiger partial charge < -0.3 is 15.3 Å². The maximum Gasteiger partial charge on any atom is 0.305 e. The second kappa shape index (κ2) is 4.95. The van der Waals surface area contributed by atoms with E-state index in [9.17, 15) is 9.59 Å². The van der Waals surface area contributed by atoms with E-state index < -0.39 is 5.97 Å². The van der Waals surface area contributed by atoms with Gasteiger partial charge in [-0.3, -0.25) is 9.59 Å². The molecule has 1 unspecified atom stereocenters. The molecule has 1 heterocycles. The van der Waals surface area contributed by atoms with E-state index in [1.165, 1.54) is 0 Å². The number of hydrogen-bond acceptors (Lipinski definition) is 3. The summed E-state index contributed by atoms with van der Waals surface area (Å²) < 4.78 is 0. The van der Waals surface area contributed by atoms with Crippen LogP contribution in [-0.2, 0) is 9.59 Å². The smallest absolute Gasteiger partial charge is 0.305 e. The van der Waals surface area contributed by atoms with Crippen LogP contribution in [-0.4, -0.2) is 47.6 Å². The quantitative estimate of drug-likeness (QED) is 0.654. The lowest BCUT2D eigenvalue weighted by Gasteiger charge is -2.26. The van der Waals surface area contributed by atoms with Gasteiger partial charge in [-0.1, -0.05) is 0 Å². The number of amides is 1. The number of carboxylic acid groups (broad SMARTS) is 1. The summed E-state index contributed by atoms with van der Waals surface area (Å²) in [5.41, 5.74) is 0. The minimum Gasteiger partial charge on any atom is -0.481 e. The van der Waals surface area contributed by atoms with Gasteiger partial charge in [-0.15, -0.1) is 0 Å². The first kappa shape index (κ1) is 11.0. The normalized spacial score (nSPS) is 20.4. The third-order valence-corrected chi connectivity index (χ3v) is 2.37. The molecule has 0 aromatic rings. The summed E-state index contributed by atoms with van der Waals surface area (Å²) in [7, 11) is 0. The Labute approximate surface area is 83.1 Å². The molecule has 1 amide bonds. The molecule has 0 aromatic carbocycles. The van der Waals surface area contributed by atoms with Crippen molar-refractivity contribution in [2.75, 3.05) is 19.6 Å². The highest BCUT2D eigenvalue weighted by Gasteiger charge is 2.22. The number of nitrogens with zero attached hydrogens (tertiary/aromatic N) is 1. The van der Waals surface area contributed by atoms with Crippen LogP contribution in [0, 0.1) is 0 Å². The van der Waals surface area contributed by atoms with E-state index >= 15 is 0 Å². The van der Waals surface area contributed by atoms with E-state index in [4.69, 9.17) is 5.11 Å². The van der Waals surface area contributed by atoms with Gasteiger partial charge in [0, 0.05) is 32.1 Å². The van der Waals surface area contributed by atoms with Crippen molar-refractivity contribution < 1.29 is 14.7 Å². The zero-order chi connectivity index (χ0) is 10.6. The van der Waals surface area contributed by atoms with Gasteiger partial charge in [0.05, 0.1) is 6.42 Å². The average Bonchev–Trinajstić information content (AvgIpc) is 2.28. The highest BCUT2D eigenvalue weighted by molar-refractivity contribution is 5.78. The molecule has 14 heavy (non-hydrogen) atoms. The second-order valence-corrected chi connectivity index (χ2v) is 3.53. The Morgan fingerprint density at radius 2 is 2.36 bits per heavy atom. The highest BCUT2D eigenvalue weighted by Crippen LogP contribution is 2.07. The maximum atomic E-state index is 11.5. The van der Waals surface area contributed by atoms with Gasteiger partial charge in [-0.2, -0.15) is 0 Å². The van der Waals surface area contributed by atoms with Crippen LogP contribution in [0.25, 0.3) is 0 Å². The van der Waals surface area contributed by atoms with Crippen molar-refractivity contribution in [3.63, 3.8) is 0 Å². The van der Waals surface area contributed by atoms with Gasteiger partial charge in [-0.05, 0) is 6.92 Å². The van der Waals surface area contributed by atoms with Gasteiger partial charge in [0.2, 0.25) is 5.91 Å². The molecular formula is C9H16N2O3. The molecule has 0 aromatic heterocycles. The first-order valence-corrected chi connectivity index (χ1v) is 4.83. The van der Waals surface area contributed by atoms with Crippen LogP contribution < -0.4 is 5.32 Å². The van der Waals surface area contributed by atoms with Gasteiger partial charge in [-0.25, -0.2) is 0 Å².